The summed E-state index contributed by atoms with van der Waals surface area (Å²) in [6, 6.07) is 0. The van der Waals surface area contributed by atoms with Crippen molar-refractivity contribution in [3.8, 4) is 0 Å². The van der Waals surface area contributed by atoms with Crippen LogP contribution in [0.3, 0.4) is 0 Å². The molecule has 2 rings (SSSR count). The minimum atomic E-state index is -0.453. The van der Waals surface area contributed by atoms with Gasteiger partial charge in [-0.25, -0.2) is 4.79 Å². The van der Waals surface area contributed by atoms with E-state index in [1.54, 1.807) is 0 Å². The first-order chi connectivity index (χ1) is 9.45. The molecule has 1 aromatic carbocycles. The molecule has 2 N–H and O–H groups in total. The maximum Gasteiger partial charge on any atom is 0.329 e. The number of fused-ring (bicyclic) bond motifs is 1. The van der Waals surface area contributed by atoms with Gasteiger partial charge in [-0.1, -0.05) is 46.4 Å². The third-order valence-electron chi connectivity index (χ3n) is 2.87. The number of hydrogen-bond donors (Lipinski definition) is 2. The van der Waals surface area contributed by atoms with Crippen LogP contribution < -0.4 is 5.69 Å². The molecule has 9 heteroatoms. The molecule has 0 fully saturated rings. The van der Waals surface area contributed by atoms with Gasteiger partial charge in [0.05, 0.1) is 57.4 Å². The fourth-order valence-electron chi connectivity index (χ4n) is 2.05. The molecule has 0 amide bonds. The summed E-state index contributed by atoms with van der Waals surface area (Å²) in [5, 5.41) is 18.4. The highest BCUT2D eigenvalue weighted by Gasteiger charge is 2.23. The predicted octanol–water partition coefficient (Wildman–Crippen LogP) is 2.40. The van der Waals surface area contributed by atoms with Crippen molar-refractivity contribution < 1.29 is 10.2 Å². The molecule has 1 heterocycles. The van der Waals surface area contributed by atoms with Crippen LogP contribution in [-0.2, 0) is 13.1 Å². The Morgan fingerprint density at radius 3 is 1.40 bits per heavy atom. The summed E-state index contributed by atoms with van der Waals surface area (Å²) in [4.78, 5) is 12.3. The number of aromatic nitrogens is 2. The summed E-state index contributed by atoms with van der Waals surface area (Å²) < 4.78 is 2.50. The Labute approximate surface area is 133 Å². The van der Waals surface area contributed by atoms with E-state index in [0.717, 1.165) is 0 Å². The Bertz CT molecular complexity index is 665. The van der Waals surface area contributed by atoms with Crippen molar-refractivity contribution in [2.24, 2.45) is 0 Å². The van der Waals surface area contributed by atoms with Gasteiger partial charge in [-0.2, -0.15) is 0 Å². The van der Waals surface area contributed by atoms with Gasteiger partial charge in [0.25, 0.3) is 0 Å². The molecule has 0 spiro atoms. The Hall–Kier alpha value is -0.430. The summed E-state index contributed by atoms with van der Waals surface area (Å²) >= 11 is 24.3. The molecule has 0 unspecified atom stereocenters. The van der Waals surface area contributed by atoms with Crippen LogP contribution in [0.4, 0.5) is 0 Å². The van der Waals surface area contributed by atoms with Gasteiger partial charge in [0, 0.05) is 0 Å². The molecule has 110 valence electrons. The van der Waals surface area contributed by atoms with E-state index in [1.165, 1.54) is 9.13 Å². The summed E-state index contributed by atoms with van der Waals surface area (Å²) in [6.07, 6.45) is 0. The zero-order valence-corrected chi connectivity index (χ0v) is 13.1. The van der Waals surface area contributed by atoms with E-state index in [-0.39, 0.29) is 46.4 Å². The highest BCUT2D eigenvalue weighted by molar-refractivity contribution is 6.55. The molecule has 0 aliphatic carbocycles. The van der Waals surface area contributed by atoms with E-state index in [9.17, 15) is 4.79 Å². The highest BCUT2D eigenvalue weighted by atomic mass is 35.5. The molecule has 0 saturated carbocycles. The number of nitrogens with zero attached hydrogens (tertiary/aromatic N) is 2. The summed E-state index contributed by atoms with van der Waals surface area (Å²) in [5.74, 6) is 0. The number of hydrogen-bond acceptors (Lipinski definition) is 3. The van der Waals surface area contributed by atoms with Crippen LogP contribution in [0.15, 0.2) is 4.79 Å². The molecule has 0 atom stereocenters. The lowest BCUT2D eigenvalue weighted by Crippen LogP contribution is -2.26. The Morgan fingerprint density at radius 2 is 1.10 bits per heavy atom. The van der Waals surface area contributed by atoms with E-state index >= 15 is 0 Å². The van der Waals surface area contributed by atoms with Crippen LogP contribution in [0.2, 0.25) is 20.1 Å². The van der Waals surface area contributed by atoms with E-state index in [0.29, 0.717) is 11.0 Å². The van der Waals surface area contributed by atoms with Gasteiger partial charge >= 0.3 is 5.69 Å². The second-order valence-corrected chi connectivity index (χ2v) is 5.50. The lowest BCUT2D eigenvalue weighted by atomic mass is 10.3. The normalized spacial score (nSPS) is 11.5. The summed E-state index contributed by atoms with van der Waals surface area (Å²) in [7, 11) is 0. The number of imidazole rings is 1. The van der Waals surface area contributed by atoms with Crippen LogP contribution in [0.5, 0.6) is 0 Å². The standard InChI is InChI=1S/C11H10Cl4N2O3/c12-5-6(13)8(15)10-9(7(5)14)16(1-3-18)11(20)17(10)2-4-19/h18-19H,1-4H2. The third-order valence-corrected chi connectivity index (χ3v) is 4.65. The first-order valence-electron chi connectivity index (χ1n) is 5.62. The smallest absolute Gasteiger partial charge is 0.329 e. The van der Waals surface area contributed by atoms with Gasteiger partial charge in [-0.05, 0) is 0 Å². The number of rotatable bonds is 4. The van der Waals surface area contributed by atoms with Gasteiger partial charge in [0.1, 0.15) is 0 Å². The van der Waals surface area contributed by atoms with Gasteiger partial charge in [0.2, 0.25) is 0 Å². The van der Waals surface area contributed by atoms with Gasteiger partial charge < -0.3 is 10.2 Å². The van der Waals surface area contributed by atoms with Crippen molar-refractivity contribution in [3.63, 3.8) is 0 Å². The lowest BCUT2D eigenvalue weighted by molar-refractivity contribution is 0.268. The SMILES string of the molecule is O=c1n(CCO)c2c(Cl)c(Cl)c(Cl)c(Cl)c2n1CCO. The van der Waals surface area contributed by atoms with Gasteiger partial charge in [0.15, 0.2) is 0 Å². The van der Waals surface area contributed by atoms with Crippen LogP contribution in [0.25, 0.3) is 11.0 Å². The van der Waals surface area contributed by atoms with Crippen LogP contribution in [-0.4, -0.2) is 32.6 Å². The lowest BCUT2D eigenvalue weighted by Gasteiger charge is -2.08. The minimum absolute atomic E-state index is 0.0295. The zero-order valence-electron chi connectivity index (χ0n) is 10.0. The Morgan fingerprint density at radius 1 is 0.750 bits per heavy atom. The minimum Gasteiger partial charge on any atom is -0.395 e. The maximum absolute atomic E-state index is 12.3. The Balaban J connectivity index is 3.00. The molecule has 0 aliphatic rings. The van der Waals surface area contributed by atoms with E-state index in [2.05, 4.69) is 0 Å². The number of aliphatic hydroxyl groups excluding tert-OH is 2. The van der Waals surface area contributed by atoms with Crippen LogP contribution in [0.1, 0.15) is 0 Å². The molecule has 0 radical (unpaired) electrons. The zero-order chi connectivity index (χ0) is 15.0. The van der Waals surface area contributed by atoms with E-state index < -0.39 is 5.69 Å². The molecule has 0 saturated heterocycles. The first-order valence-corrected chi connectivity index (χ1v) is 7.13. The topological polar surface area (TPSA) is 67.4 Å². The number of halogens is 4. The van der Waals surface area contributed by atoms with E-state index in [4.69, 9.17) is 56.6 Å². The fourth-order valence-corrected chi connectivity index (χ4v) is 3.09. The molecular weight excluding hydrogens is 350 g/mol. The number of aliphatic hydroxyl groups is 2. The quantitative estimate of drug-likeness (QED) is 0.650. The molecule has 5 nitrogen and oxygen atoms in total. The molecule has 20 heavy (non-hydrogen) atoms. The molecule has 2 aromatic rings. The van der Waals surface area contributed by atoms with Crippen molar-refractivity contribution in [1.29, 1.82) is 0 Å². The monoisotopic (exact) mass is 358 g/mol. The first kappa shape index (κ1) is 15.9. The largest absolute Gasteiger partial charge is 0.395 e. The van der Waals surface area contributed by atoms with Crippen molar-refractivity contribution in [2.45, 2.75) is 13.1 Å². The molecular formula is C11H10Cl4N2O3. The number of benzene rings is 1. The van der Waals surface area contributed by atoms with Gasteiger partial charge in [-0.15, -0.1) is 0 Å². The van der Waals surface area contributed by atoms with Crippen molar-refractivity contribution in [3.05, 3.63) is 30.6 Å². The van der Waals surface area contributed by atoms with Crippen molar-refractivity contribution in [2.75, 3.05) is 13.2 Å². The van der Waals surface area contributed by atoms with Crippen molar-refractivity contribution in [1.82, 2.24) is 9.13 Å². The molecule has 1 aromatic heterocycles. The Kier molecular flexibility index (Phi) is 4.89. The molecule has 0 bridgehead atoms. The summed E-state index contributed by atoms with van der Waals surface area (Å²) in [6.45, 7) is -0.456. The van der Waals surface area contributed by atoms with E-state index in [1.807, 2.05) is 0 Å². The van der Waals surface area contributed by atoms with Crippen LogP contribution >= 0.6 is 46.4 Å². The van der Waals surface area contributed by atoms with Crippen LogP contribution in [0, 0.1) is 0 Å². The van der Waals surface area contributed by atoms with Crippen molar-refractivity contribution >= 4 is 57.4 Å². The summed E-state index contributed by atoms with van der Waals surface area (Å²) in [5.41, 5.74) is 0.127. The average molecular weight is 360 g/mol. The second kappa shape index (κ2) is 6.13. The predicted molar refractivity (Wildman–Crippen MR) is 80.4 cm³/mol. The van der Waals surface area contributed by atoms with Gasteiger partial charge in [-0.3, -0.25) is 9.13 Å². The third kappa shape index (κ3) is 2.32. The molecule has 0 aliphatic heterocycles. The highest BCUT2D eigenvalue weighted by Crippen LogP contribution is 2.42. The fraction of sp³-hybridized carbons (Fsp3) is 0.364. The second-order valence-electron chi connectivity index (χ2n) is 3.99. The maximum atomic E-state index is 12.3. The average Bonchev–Trinajstić information content (AvgIpc) is 2.69.